The molecule has 3 aromatic rings. The number of aryl methyl sites for hydroxylation is 1. The molecule has 0 aliphatic heterocycles. The van der Waals surface area contributed by atoms with E-state index in [1.54, 1.807) is 0 Å². The van der Waals surface area contributed by atoms with Crippen LogP contribution < -0.4 is 5.32 Å². The number of rotatable bonds is 3. The summed E-state index contributed by atoms with van der Waals surface area (Å²) in [5, 5.41) is 14.2. The Bertz CT molecular complexity index is 656. The molecule has 3 rings (SSSR count). The summed E-state index contributed by atoms with van der Waals surface area (Å²) in [6.45, 7) is 1.89. The topological polar surface area (TPSA) is 105 Å². The summed E-state index contributed by atoms with van der Waals surface area (Å²) in [6.07, 6.45) is 1.39. The smallest absolute Gasteiger partial charge is 0.263 e. The van der Waals surface area contributed by atoms with Crippen molar-refractivity contribution in [2.75, 3.05) is 12.4 Å². The van der Waals surface area contributed by atoms with Crippen LogP contribution in [-0.2, 0) is 0 Å². The number of aromatic nitrogens is 6. The van der Waals surface area contributed by atoms with Gasteiger partial charge in [0.05, 0.1) is 11.3 Å². The third kappa shape index (κ3) is 1.64. The molecule has 0 amide bonds. The van der Waals surface area contributed by atoms with Gasteiger partial charge in [-0.3, -0.25) is 5.10 Å². The van der Waals surface area contributed by atoms with E-state index < -0.39 is 0 Å². The Morgan fingerprint density at radius 1 is 1.44 bits per heavy atom. The van der Waals surface area contributed by atoms with Crippen LogP contribution in [0.4, 0.5) is 5.00 Å². The van der Waals surface area contributed by atoms with Crippen LogP contribution in [0.5, 0.6) is 0 Å². The van der Waals surface area contributed by atoms with Gasteiger partial charge in [-0.15, -0.1) is 0 Å². The molecule has 0 atom stereocenters. The van der Waals surface area contributed by atoms with Crippen LogP contribution in [0.15, 0.2) is 10.9 Å². The number of anilines is 1. The highest BCUT2D eigenvalue weighted by atomic mass is 32.1. The van der Waals surface area contributed by atoms with Gasteiger partial charge in [-0.2, -0.15) is 14.5 Å². The molecule has 0 unspecified atom stereocenters. The molecular formula is C9H9N7OS. The number of hydrogen-bond acceptors (Lipinski definition) is 8. The molecule has 3 heterocycles. The van der Waals surface area contributed by atoms with Gasteiger partial charge >= 0.3 is 0 Å². The summed E-state index contributed by atoms with van der Waals surface area (Å²) < 4.78 is 9.49. The van der Waals surface area contributed by atoms with E-state index in [4.69, 9.17) is 4.52 Å². The summed E-state index contributed by atoms with van der Waals surface area (Å²) >= 11 is 1.35. The molecule has 3 aromatic heterocycles. The van der Waals surface area contributed by atoms with E-state index in [2.05, 4.69) is 35.0 Å². The normalized spacial score (nSPS) is 10.8. The summed E-state index contributed by atoms with van der Waals surface area (Å²) in [4.78, 5) is 8.25. The molecule has 92 valence electrons. The van der Waals surface area contributed by atoms with Gasteiger partial charge in [-0.05, 0) is 18.5 Å². The summed E-state index contributed by atoms with van der Waals surface area (Å²) in [7, 11) is 1.82. The molecule has 0 aliphatic rings. The van der Waals surface area contributed by atoms with Crippen LogP contribution in [0, 0.1) is 6.92 Å². The number of nitrogens with one attached hydrogen (secondary N) is 2. The molecule has 0 bridgehead atoms. The van der Waals surface area contributed by atoms with Crippen molar-refractivity contribution in [3.05, 3.63) is 12.0 Å². The standard InChI is InChI=1S/C9H9N7OS/c1-4-5(9(10-2)18-16-4)8-13-7(15-17-8)6-11-3-12-14-6/h3,10H,1-2H3,(H,11,12,14). The van der Waals surface area contributed by atoms with E-state index in [0.717, 1.165) is 16.3 Å². The second-order valence-corrected chi connectivity index (χ2v) is 4.25. The lowest BCUT2D eigenvalue weighted by molar-refractivity contribution is 0.432. The first kappa shape index (κ1) is 10.8. The zero-order chi connectivity index (χ0) is 12.5. The fourth-order valence-corrected chi connectivity index (χ4v) is 2.26. The van der Waals surface area contributed by atoms with Crippen molar-refractivity contribution in [1.29, 1.82) is 0 Å². The summed E-state index contributed by atoms with van der Waals surface area (Å²) in [5.41, 5.74) is 1.66. The predicted molar refractivity (Wildman–Crippen MR) is 65.1 cm³/mol. The lowest BCUT2D eigenvalue weighted by atomic mass is 10.2. The monoisotopic (exact) mass is 263 g/mol. The quantitative estimate of drug-likeness (QED) is 0.734. The Kier molecular flexibility index (Phi) is 2.52. The van der Waals surface area contributed by atoms with E-state index in [0.29, 0.717) is 17.5 Å². The highest BCUT2D eigenvalue weighted by Gasteiger charge is 2.19. The van der Waals surface area contributed by atoms with E-state index in [1.807, 2.05) is 14.0 Å². The number of hydrogen-bond donors (Lipinski definition) is 2. The molecule has 0 aromatic carbocycles. The molecular weight excluding hydrogens is 254 g/mol. The molecule has 0 aliphatic carbocycles. The van der Waals surface area contributed by atoms with Crippen molar-refractivity contribution in [3.63, 3.8) is 0 Å². The van der Waals surface area contributed by atoms with E-state index in [9.17, 15) is 0 Å². The van der Waals surface area contributed by atoms with Crippen LogP contribution in [-0.4, -0.2) is 36.7 Å². The molecule has 8 nitrogen and oxygen atoms in total. The van der Waals surface area contributed by atoms with E-state index in [1.165, 1.54) is 17.9 Å². The van der Waals surface area contributed by atoms with Gasteiger partial charge in [0.25, 0.3) is 5.89 Å². The second-order valence-electron chi connectivity index (χ2n) is 3.48. The van der Waals surface area contributed by atoms with Gasteiger partial charge in [0, 0.05) is 7.05 Å². The van der Waals surface area contributed by atoms with Crippen molar-refractivity contribution in [3.8, 4) is 23.1 Å². The minimum Gasteiger partial charge on any atom is -0.378 e. The zero-order valence-corrected chi connectivity index (χ0v) is 10.4. The van der Waals surface area contributed by atoms with Crippen LogP contribution in [0.3, 0.4) is 0 Å². The summed E-state index contributed by atoms with van der Waals surface area (Å²) in [6, 6.07) is 0. The Morgan fingerprint density at radius 3 is 3.06 bits per heavy atom. The van der Waals surface area contributed by atoms with Gasteiger partial charge in [-0.1, -0.05) is 5.16 Å². The van der Waals surface area contributed by atoms with Crippen LogP contribution in [0.2, 0.25) is 0 Å². The second kappa shape index (κ2) is 4.18. The fraction of sp³-hybridized carbons (Fsp3) is 0.222. The maximum Gasteiger partial charge on any atom is 0.263 e. The lowest BCUT2D eigenvalue weighted by Gasteiger charge is -1.96. The maximum absolute atomic E-state index is 5.23. The summed E-state index contributed by atoms with van der Waals surface area (Å²) in [5.74, 6) is 1.25. The van der Waals surface area contributed by atoms with Crippen molar-refractivity contribution >= 4 is 16.5 Å². The predicted octanol–water partition coefficient (Wildman–Crippen LogP) is 1.33. The van der Waals surface area contributed by atoms with Crippen LogP contribution in [0.1, 0.15) is 5.69 Å². The minimum absolute atomic E-state index is 0.371. The molecule has 0 radical (unpaired) electrons. The molecule has 9 heteroatoms. The Hall–Kier alpha value is -2.29. The molecule has 0 saturated heterocycles. The van der Waals surface area contributed by atoms with Crippen molar-refractivity contribution in [2.24, 2.45) is 0 Å². The van der Waals surface area contributed by atoms with Crippen LogP contribution >= 0.6 is 11.5 Å². The van der Waals surface area contributed by atoms with E-state index in [-0.39, 0.29) is 0 Å². The molecule has 0 fully saturated rings. The Balaban J connectivity index is 2.05. The SMILES string of the molecule is CNc1snc(C)c1-c1nc(-c2ncn[nH]2)no1. The molecule has 0 spiro atoms. The molecule has 2 N–H and O–H groups in total. The van der Waals surface area contributed by atoms with Crippen molar-refractivity contribution in [1.82, 2.24) is 29.7 Å². The Labute approximate surface area is 106 Å². The first-order valence-corrected chi connectivity index (χ1v) is 5.90. The molecule has 0 saturated carbocycles. The lowest BCUT2D eigenvalue weighted by Crippen LogP contribution is -1.89. The highest BCUT2D eigenvalue weighted by Crippen LogP contribution is 2.33. The highest BCUT2D eigenvalue weighted by molar-refractivity contribution is 7.10. The van der Waals surface area contributed by atoms with E-state index >= 15 is 0 Å². The van der Waals surface area contributed by atoms with Gasteiger partial charge < -0.3 is 9.84 Å². The van der Waals surface area contributed by atoms with Crippen molar-refractivity contribution in [2.45, 2.75) is 6.92 Å². The first-order valence-electron chi connectivity index (χ1n) is 5.13. The van der Waals surface area contributed by atoms with Crippen LogP contribution in [0.25, 0.3) is 23.1 Å². The number of nitrogens with zero attached hydrogens (tertiary/aromatic N) is 5. The molecule has 18 heavy (non-hydrogen) atoms. The fourth-order valence-electron chi connectivity index (χ4n) is 1.53. The first-order chi connectivity index (χ1) is 8.79. The van der Waals surface area contributed by atoms with Gasteiger partial charge in [0.15, 0.2) is 5.82 Å². The largest absolute Gasteiger partial charge is 0.378 e. The number of H-pyrrole nitrogens is 1. The zero-order valence-electron chi connectivity index (χ0n) is 9.63. The average molecular weight is 263 g/mol. The maximum atomic E-state index is 5.23. The van der Waals surface area contributed by atoms with Gasteiger partial charge in [0.1, 0.15) is 11.3 Å². The van der Waals surface area contributed by atoms with Gasteiger partial charge in [0.2, 0.25) is 5.82 Å². The average Bonchev–Trinajstić information content (AvgIpc) is 3.07. The number of aromatic amines is 1. The van der Waals surface area contributed by atoms with Crippen molar-refractivity contribution < 1.29 is 4.52 Å². The minimum atomic E-state index is 0.371. The third-order valence-electron chi connectivity index (χ3n) is 2.36. The Morgan fingerprint density at radius 2 is 2.33 bits per heavy atom. The van der Waals surface area contributed by atoms with Gasteiger partial charge in [-0.25, -0.2) is 4.98 Å². The third-order valence-corrected chi connectivity index (χ3v) is 3.31.